The molecule has 0 unspecified atom stereocenters. The number of halogens is 2. The zero-order valence-electron chi connectivity index (χ0n) is 9.83. The molecule has 0 atom stereocenters. The van der Waals surface area contributed by atoms with Crippen LogP contribution in [0.4, 0.5) is 5.69 Å². The van der Waals surface area contributed by atoms with Gasteiger partial charge in [0.15, 0.2) is 0 Å². The Morgan fingerprint density at radius 2 is 2.00 bits per heavy atom. The van der Waals surface area contributed by atoms with Crippen LogP contribution < -0.4 is 5.32 Å². The molecular formula is C13H15BrClNO2. The van der Waals surface area contributed by atoms with Gasteiger partial charge in [-0.3, -0.25) is 4.79 Å². The zero-order chi connectivity index (χ0) is 13.1. The maximum absolute atomic E-state index is 10.9. The van der Waals surface area contributed by atoms with Crippen LogP contribution >= 0.6 is 27.5 Å². The monoisotopic (exact) mass is 331 g/mol. The molecule has 0 aliphatic heterocycles. The lowest BCUT2D eigenvalue weighted by atomic mass is 9.86. The first-order chi connectivity index (χ1) is 8.56. The highest BCUT2D eigenvalue weighted by Gasteiger charge is 2.25. The van der Waals surface area contributed by atoms with Gasteiger partial charge in [-0.25, -0.2) is 0 Å². The molecule has 2 N–H and O–H groups in total. The number of carbonyl (C=O) groups is 1. The highest BCUT2D eigenvalue weighted by Crippen LogP contribution is 2.29. The van der Waals surface area contributed by atoms with E-state index < -0.39 is 5.97 Å². The number of rotatable bonds is 3. The molecule has 0 heterocycles. The van der Waals surface area contributed by atoms with Crippen LogP contribution in [-0.2, 0) is 4.79 Å². The van der Waals surface area contributed by atoms with Gasteiger partial charge < -0.3 is 10.4 Å². The lowest BCUT2D eigenvalue weighted by Crippen LogP contribution is -2.29. The summed E-state index contributed by atoms with van der Waals surface area (Å²) in [4.78, 5) is 10.9. The van der Waals surface area contributed by atoms with Crippen molar-refractivity contribution >= 4 is 39.2 Å². The molecule has 1 fully saturated rings. The molecule has 18 heavy (non-hydrogen) atoms. The molecule has 5 heteroatoms. The smallest absolute Gasteiger partial charge is 0.306 e. The third-order valence-corrected chi connectivity index (χ3v) is 4.58. The van der Waals surface area contributed by atoms with Crippen LogP contribution in [0, 0.1) is 5.92 Å². The van der Waals surface area contributed by atoms with Gasteiger partial charge in [-0.15, -0.1) is 0 Å². The van der Waals surface area contributed by atoms with Crippen molar-refractivity contribution in [2.24, 2.45) is 5.92 Å². The Balaban J connectivity index is 1.91. The molecule has 1 aliphatic carbocycles. The van der Waals surface area contributed by atoms with Gasteiger partial charge in [0.2, 0.25) is 0 Å². The first-order valence-corrected chi connectivity index (χ1v) is 7.18. The summed E-state index contributed by atoms with van der Waals surface area (Å²) in [6.07, 6.45) is 3.30. The molecule has 1 aliphatic rings. The Morgan fingerprint density at radius 1 is 1.33 bits per heavy atom. The summed E-state index contributed by atoms with van der Waals surface area (Å²) in [7, 11) is 0. The van der Waals surface area contributed by atoms with Crippen LogP contribution in [0.3, 0.4) is 0 Å². The van der Waals surface area contributed by atoms with Crippen molar-refractivity contribution in [1.29, 1.82) is 0 Å². The van der Waals surface area contributed by atoms with Gasteiger partial charge in [0.25, 0.3) is 0 Å². The molecule has 0 saturated heterocycles. The van der Waals surface area contributed by atoms with Crippen molar-refractivity contribution in [1.82, 2.24) is 0 Å². The van der Waals surface area contributed by atoms with E-state index in [-0.39, 0.29) is 5.92 Å². The third-order valence-electron chi connectivity index (χ3n) is 3.37. The molecule has 0 radical (unpaired) electrons. The molecular weight excluding hydrogens is 318 g/mol. The molecule has 0 bridgehead atoms. The fourth-order valence-electron chi connectivity index (χ4n) is 2.31. The fourth-order valence-corrected chi connectivity index (χ4v) is 2.80. The molecule has 0 amide bonds. The largest absolute Gasteiger partial charge is 0.481 e. The van der Waals surface area contributed by atoms with E-state index in [1.165, 1.54) is 0 Å². The second kappa shape index (κ2) is 5.93. The van der Waals surface area contributed by atoms with Gasteiger partial charge in [-0.1, -0.05) is 11.6 Å². The average Bonchev–Trinajstić information content (AvgIpc) is 2.34. The fraction of sp³-hybridized carbons (Fsp3) is 0.462. The first kappa shape index (κ1) is 13.7. The lowest BCUT2D eigenvalue weighted by Gasteiger charge is -2.27. The molecule has 1 aromatic rings. The molecule has 2 rings (SSSR count). The summed E-state index contributed by atoms with van der Waals surface area (Å²) in [5, 5.41) is 13.1. The number of hydrogen-bond acceptors (Lipinski definition) is 2. The van der Waals surface area contributed by atoms with Crippen LogP contribution in [0.15, 0.2) is 22.7 Å². The first-order valence-electron chi connectivity index (χ1n) is 6.00. The van der Waals surface area contributed by atoms with Crippen LogP contribution in [0.2, 0.25) is 5.02 Å². The number of carboxylic acid groups (broad SMARTS) is 1. The molecule has 0 spiro atoms. The van der Waals surface area contributed by atoms with Gasteiger partial charge in [0, 0.05) is 16.2 Å². The quantitative estimate of drug-likeness (QED) is 0.874. The maximum atomic E-state index is 10.9. The van der Waals surface area contributed by atoms with Crippen molar-refractivity contribution in [3.8, 4) is 0 Å². The second-order valence-electron chi connectivity index (χ2n) is 4.66. The van der Waals surface area contributed by atoms with E-state index in [2.05, 4.69) is 21.2 Å². The van der Waals surface area contributed by atoms with Crippen molar-refractivity contribution in [3.63, 3.8) is 0 Å². The Hall–Kier alpha value is -0.740. The highest BCUT2D eigenvalue weighted by molar-refractivity contribution is 9.10. The predicted octanol–water partition coefficient (Wildman–Crippen LogP) is 4.16. The lowest BCUT2D eigenvalue weighted by molar-refractivity contribution is -0.142. The molecule has 0 aromatic heterocycles. The Kier molecular flexibility index (Phi) is 4.51. The number of carboxylic acids is 1. The Bertz CT molecular complexity index is 445. The van der Waals surface area contributed by atoms with Gasteiger partial charge in [0.1, 0.15) is 0 Å². The molecule has 1 aromatic carbocycles. The third kappa shape index (κ3) is 3.39. The van der Waals surface area contributed by atoms with Gasteiger partial charge in [-0.05, 0) is 59.8 Å². The number of hydrogen-bond donors (Lipinski definition) is 2. The van der Waals surface area contributed by atoms with Crippen LogP contribution in [0.5, 0.6) is 0 Å². The minimum absolute atomic E-state index is 0.167. The summed E-state index contributed by atoms with van der Waals surface area (Å²) in [5.74, 6) is -0.831. The average molecular weight is 333 g/mol. The Morgan fingerprint density at radius 3 is 2.56 bits per heavy atom. The van der Waals surface area contributed by atoms with E-state index in [1.807, 2.05) is 18.2 Å². The summed E-state index contributed by atoms with van der Waals surface area (Å²) in [6.45, 7) is 0. The van der Waals surface area contributed by atoms with Crippen molar-refractivity contribution in [2.45, 2.75) is 31.7 Å². The summed E-state index contributed by atoms with van der Waals surface area (Å²) in [5.41, 5.74) is 1.02. The van der Waals surface area contributed by atoms with E-state index in [1.54, 1.807) is 0 Å². The van der Waals surface area contributed by atoms with E-state index in [4.69, 9.17) is 16.7 Å². The minimum Gasteiger partial charge on any atom is -0.481 e. The van der Waals surface area contributed by atoms with E-state index in [0.717, 1.165) is 35.8 Å². The van der Waals surface area contributed by atoms with Gasteiger partial charge in [0.05, 0.1) is 10.9 Å². The van der Waals surface area contributed by atoms with Crippen molar-refractivity contribution < 1.29 is 9.90 Å². The molecule has 98 valence electrons. The van der Waals surface area contributed by atoms with E-state index >= 15 is 0 Å². The molecule has 3 nitrogen and oxygen atoms in total. The number of benzene rings is 1. The summed E-state index contributed by atoms with van der Waals surface area (Å²) < 4.78 is 0.869. The van der Waals surface area contributed by atoms with E-state index in [0.29, 0.717) is 11.1 Å². The number of nitrogens with one attached hydrogen (secondary N) is 1. The summed E-state index contributed by atoms with van der Waals surface area (Å²) in [6, 6.07) is 6.09. The second-order valence-corrected chi connectivity index (χ2v) is 5.92. The topological polar surface area (TPSA) is 49.3 Å². The predicted molar refractivity (Wildman–Crippen MR) is 76.2 cm³/mol. The Labute approximate surface area is 120 Å². The van der Waals surface area contributed by atoms with Crippen LogP contribution in [-0.4, -0.2) is 17.1 Å². The van der Waals surface area contributed by atoms with Crippen molar-refractivity contribution in [3.05, 3.63) is 27.7 Å². The molecule has 1 saturated carbocycles. The van der Waals surface area contributed by atoms with Crippen LogP contribution in [0.25, 0.3) is 0 Å². The maximum Gasteiger partial charge on any atom is 0.306 e. The number of aliphatic carboxylic acids is 1. The zero-order valence-corrected chi connectivity index (χ0v) is 12.2. The summed E-state index contributed by atoms with van der Waals surface area (Å²) >= 11 is 9.33. The highest BCUT2D eigenvalue weighted by atomic mass is 79.9. The number of anilines is 1. The normalized spacial score (nSPS) is 23.7. The van der Waals surface area contributed by atoms with Crippen LogP contribution in [0.1, 0.15) is 25.7 Å². The van der Waals surface area contributed by atoms with Gasteiger partial charge >= 0.3 is 5.97 Å². The SMILES string of the molecule is O=C(O)C1CCC(Nc2ccc(Cl)c(Br)c2)CC1. The standard InChI is InChI=1S/C13H15BrClNO2/c14-11-7-10(5-6-12(11)15)16-9-3-1-8(2-4-9)13(17)18/h5-9,16H,1-4H2,(H,17,18). The van der Waals surface area contributed by atoms with E-state index in [9.17, 15) is 4.79 Å². The van der Waals surface area contributed by atoms with Crippen molar-refractivity contribution in [2.75, 3.05) is 5.32 Å². The van der Waals surface area contributed by atoms with Gasteiger partial charge in [-0.2, -0.15) is 0 Å². The minimum atomic E-state index is -0.664.